The number of para-hydroxylation sites is 1. The number of carbonyl (C=O) groups is 2. The molecule has 16 heteroatoms. The zero-order valence-corrected chi connectivity index (χ0v) is 29.3. The summed E-state index contributed by atoms with van der Waals surface area (Å²) in [5.41, 5.74) is 0.988. The van der Waals surface area contributed by atoms with E-state index in [9.17, 15) is 27.2 Å². The number of piperidine rings is 3. The first-order valence-electron chi connectivity index (χ1n) is 16.5. The van der Waals surface area contributed by atoms with Crippen molar-refractivity contribution in [3.8, 4) is 11.5 Å². The van der Waals surface area contributed by atoms with E-state index in [4.69, 9.17) is 32.7 Å². The number of amides is 1. The summed E-state index contributed by atoms with van der Waals surface area (Å²) in [6, 6.07) is 15.0. The Morgan fingerprint density at radius 2 is 1.55 bits per heavy atom. The van der Waals surface area contributed by atoms with Crippen LogP contribution < -0.4 is 14.4 Å². The van der Waals surface area contributed by atoms with Gasteiger partial charge in [-0.05, 0) is 84.9 Å². The van der Waals surface area contributed by atoms with Crippen LogP contribution in [0.1, 0.15) is 46.0 Å². The Balaban J connectivity index is 1.23. The fourth-order valence-corrected chi connectivity index (χ4v) is 6.95. The standard InChI is InChI=1S/C37H32Cl2F5N3O6/c38-26-17-45-18-27(39)25(26)16-31(24-9-10-30(51-35(41)42)32(15-24)52-36(43)44)50-34(48)23-7-5-21(6-8-23)19-47(29-4-2-1-3-28(29)40)37(49)53-33-20-46-13-11-22(33)12-14-46/h1-10,15,17-18,22,31,33,35-36H,11-14,16,19-20H2/t31-,33+/m1/s1. The lowest BCUT2D eigenvalue weighted by Crippen LogP contribution is -2.53. The Bertz CT molecular complexity index is 1900. The molecule has 0 unspecified atom stereocenters. The molecule has 1 aromatic heterocycles. The number of nitrogens with zero attached hydrogens (tertiary/aromatic N) is 3. The predicted molar refractivity (Wildman–Crippen MR) is 184 cm³/mol. The Hall–Kier alpha value is -4.66. The van der Waals surface area contributed by atoms with E-state index < -0.39 is 48.7 Å². The van der Waals surface area contributed by atoms with E-state index in [-0.39, 0.29) is 51.8 Å². The first-order chi connectivity index (χ1) is 25.4. The maximum atomic E-state index is 15.0. The Labute approximate surface area is 311 Å². The topological polar surface area (TPSA) is 90.4 Å². The molecular formula is C37H32Cl2F5N3O6. The van der Waals surface area contributed by atoms with Crippen molar-refractivity contribution < 1.29 is 50.5 Å². The van der Waals surface area contributed by atoms with Gasteiger partial charge in [0, 0.05) is 25.4 Å². The third-order valence-electron chi connectivity index (χ3n) is 9.11. The number of aromatic nitrogens is 1. The van der Waals surface area contributed by atoms with Gasteiger partial charge in [0.1, 0.15) is 18.0 Å². The van der Waals surface area contributed by atoms with Crippen LogP contribution in [0.4, 0.5) is 32.4 Å². The van der Waals surface area contributed by atoms with Gasteiger partial charge in [-0.3, -0.25) is 14.8 Å². The molecule has 7 rings (SSSR count). The van der Waals surface area contributed by atoms with E-state index in [1.807, 2.05) is 0 Å². The van der Waals surface area contributed by atoms with Gasteiger partial charge in [-0.1, -0.05) is 53.5 Å². The summed E-state index contributed by atoms with van der Waals surface area (Å²) in [6.45, 7) is -4.28. The quantitative estimate of drug-likeness (QED) is 0.0981. The van der Waals surface area contributed by atoms with Crippen LogP contribution in [-0.2, 0) is 22.4 Å². The van der Waals surface area contributed by atoms with Gasteiger partial charge in [-0.2, -0.15) is 17.6 Å². The number of anilines is 1. The van der Waals surface area contributed by atoms with Crippen molar-refractivity contribution in [1.82, 2.24) is 9.88 Å². The number of hydrogen-bond acceptors (Lipinski definition) is 8. The van der Waals surface area contributed by atoms with Gasteiger partial charge in [-0.15, -0.1) is 0 Å². The van der Waals surface area contributed by atoms with E-state index in [0.29, 0.717) is 17.7 Å². The number of esters is 1. The molecule has 3 aliphatic heterocycles. The van der Waals surface area contributed by atoms with Gasteiger partial charge in [0.15, 0.2) is 11.5 Å². The Kier molecular flexibility index (Phi) is 12.2. The molecule has 9 nitrogen and oxygen atoms in total. The summed E-state index contributed by atoms with van der Waals surface area (Å²) < 4.78 is 87.9. The van der Waals surface area contributed by atoms with Crippen molar-refractivity contribution in [3.63, 3.8) is 0 Å². The average Bonchev–Trinajstić information content (AvgIpc) is 3.13. The largest absolute Gasteiger partial charge is 0.454 e. The third-order valence-corrected chi connectivity index (χ3v) is 9.76. The predicted octanol–water partition coefficient (Wildman–Crippen LogP) is 9.11. The molecule has 0 spiro atoms. The number of pyridine rings is 1. The van der Waals surface area contributed by atoms with E-state index in [1.54, 1.807) is 18.2 Å². The molecule has 0 N–H and O–H groups in total. The summed E-state index contributed by atoms with van der Waals surface area (Å²) >= 11 is 12.7. The van der Waals surface area contributed by atoms with Gasteiger partial charge in [0.2, 0.25) is 0 Å². The minimum absolute atomic E-state index is 0.0266. The molecule has 0 aliphatic carbocycles. The number of alkyl halides is 4. The monoisotopic (exact) mass is 779 g/mol. The number of rotatable bonds is 13. The number of ether oxygens (including phenoxy) is 4. The highest BCUT2D eigenvalue weighted by Crippen LogP contribution is 2.37. The van der Waals surface area contributed by atoms with Crippen molar-refractivity contribution in [2.24, 2.45) is 5.92 Å². The summed E-state index contributed by atoms with van der Waals surface area (Å²) in [4.78, 5) is 34.4. The van der Waals surface area contributed by atoms with Crippen LogP contribution in [0.2, 0.25) is 10.0 Å². The zero-order chi connectivity index (χ0) is 37.6. The number of halogens is 7. The second kappa shape index (κ2) is 17.0. The second-order valence-electron chi connectivity index (χ2n) is 12.4. The molecule has 3 aliphatic rings. The lowest BCUT2D eigenvalue weighted by Gasteiger charge is -2.44. The summed E-state index contributed by atoms with van der Waals surface area (Å²) in [5.74, 6) is -2.63. The van der Waals surface area contributed by atoms with Crippen LogP contribution in [-0.4, -0.2) is 60.9 Å². The average molecular weight is 781 g/mol. The van der Waals surface area contributed by atoms with E-state index in [0.717, 1.165) is 38.1 Å². The van der Waals surface area contributed by atoms with Crippen LogP contribution in [0, 0.1) is 11.7 Å². The Morgan fingerprint density at radius 1 is 0.887 bits per heavy atom. The van der Waals surface area contributed by atoms with Crippen LogP contribution in [0.5, 0.6) is 11.5 Å². The molecule has 4 aromatic rings. The first-order valence-corrected chi connectivity index (χ1v) is 17.3. The van der Waals surface area contributed by atoms with Crippen LogP contribution in [0.3, 0.4) is 0 Å². The molecule has 1 amide bonds. The van der Waals surface area contributed by atoms with E-state index in [2.05, 4.69) is 19.4 Å². The van der Waals surface area contributed by atoms with Crippen molar-refractivity contribution in [2.45, 2.75) is 51.2 Å². The molecule has 3 saturated heterocycles. The maximum absolute atomic E-state index is 15.0. The second-order valence-corrected chi connectivity index (χ2v) is 13.3. The van der Waals surface area contributed by atoms with E-state index >= 15 is 4.39 Å². The smallest absolute Gasteiger partial charge is 0.415 e. The lowest BCUT2D eigenvalue weighted by atomic mass is 9.86. The minimum Gasteiger partial charge on any atom is -0.454 e. The van der Waals surface area contributed by atoms with E-state index in [1.165, 1.54) is 53.7 Å². The van der Waals surface area contributed by atoms with Gasteiger partial charge in [0.05, 0.1) is 27.8 Å². The molecule has 2 atom stereocenters. The summed E-state index contributed by atoms with van der Waals surface area (Å²) in [6.07, 6.45) is 2.01. The van der Waals surface area contributed by atoms with Crippen molar-refractivity contribution >= 4 is 41.0 Å². The molecule has 3 aromatic carbocycles. The number of carbonyl (C=O) groups excluding carboxylic acids is 2. The highest BCUT2D eigenvalue weighted by molar-refractivity contribution is 6.35. The molecular weight excluding hydrogens is 748 g/mol. The van der Waals surface area contributed by atoms with Crippen molar-refractivity contribution in [1.29, 1.82) is 0 Å². The zero-order valence-electron chi connectivity index (χ0n) is 27.8. The normalized spacial score (nSPS) is 18.5. The highest BCUT2D eigenvalue weighted by Gasteiger charge is 2.38. The molecule has 0 radical (unpaired) electrons. The molecule has 3 fully saturated rings. The molecule has 53 heavy (non-hydrogen) atoms. The first kappa shape index (κ1) is 38.1. The SMILES string of the molecule is O=C(O[C@H](Cc1c(Cl)cncc1Cl)c1ccc(OC(F)F)c(OC(F)F)c1)c1ccc(CN(C(=O)O[C@H]2CN3CCC2CC3)c2ccccc2F)cc1. The van der Waals surface area contributed by atoms with Gasteiger partial charge >= 0.3 is 25.3 Å². The highest BCUT2D eigenvalue weighted by atomic mass is 35.5. The van der Waals surface area contributed by atoms with Crippen molar-refractivity contribution in [2.75, 3.05) is 24.5 Å². The third kappa shape index (κ3) is 9.48. The van der Waals surface area contributed by atoms with Gasteiger partial charge in [0.25, 0.3) is 0 Å². The summed E-state index contributed by atoms with van der Waals surface area (Å²) in [7, 11) is 0. The van der Waals surface area contributed by atoms with Crippen LogP contribution in [0.15, 0.2) is 79.1 Å². The molecule has 2 bridgehead atoms. The van der Waals surface area contributed by atoms with Crippen molar-refractivity contribution in [3.05, 3.63) is 117 Å². The van der Waals surface area contributed by atoms with Gasteiger partial charge in [-0.25, -0.2) is 14.0 Å². The molecule has 0 saturated carbocycles. The fourth-order valence-electron chi connectivity index (χ4n) is 6.43. The number of hydrogen-bond donors (Lipinski definition) is 0. The van der Waals surface area contributed by atoms with Crippen LogP contribution >= 0.6 is 23.2 Å². The maximum Gasteiger partial charge on any atom is 0.415 e. The number of benzene rings is 3. The molecule has 4 heterocycles. The van der Waals surface area contributed by atoms with Crippen LogP contribution in [0.25, 0.3) is 0 Å². The van der Waals surface area contributed by atoms with Gasteiger partial charge < -0.3 is 18.9 Å². The molecule has 280 valence electrons. The fraction of sp³-hybridized carbons (Fsp3) is 0.324. The lowest BCUT2D eigenvalue weighted by molar-refractivity contribution is -0.0693. The summed E-state index contributed by atoms with van der Waals surface area (Å²) in [5, 5.41) is 0.243. The minimum atomic E-state index is -3.38. The Morgan fingerprint density at radius 3 is 2.17 bits per heavy atom. The number of fused-ring (bicyclic) bond motifs is 3.